The molecule has 1 saturated heterocycles. The molecule has 0 spiro atoms. The number of nitrogens with zero attached hydrogens (tertiary/aromatic N) is 3. The lowest BCUT2D eigenvalue weighted by atomic mass is 9.98. The van der Waals surface area contributed by atoms with Crippen LogP contribution in [-0.2, 0) is 21.4 Å². The van der Waals surface area contributed by atoms with Crippen molar-refractivity contribution in [2.75, 3.05) is 19.7 Å². The lowest BCUT2D eigenvalue weighted by Gasteiger charge is -2.30. The van der Waals surface area contributed by atoms with Gasteiger partial charge in [-0.05, 0) is 32.8 Å². The van der Waals surface area contributed by atoms with Crippen molar-refractivity contribution >= 4 is 29.6 Å². The van der Waals surface area contributed by atoms with Gasteiger partial charge in [0.25, 0.3) is 0 Å². The fourth-order valence-corrected chi connectivity index (χ4v) is 2.96. The molecule has 2 rings (SSSR count). The summed E-state index contributed by atoms with van der Waals surface area (Å²) in [6.07, 6.45) is 4.74. The number of rotatable bonds is 4. The maximum absolute atomic E-state index is 12.3. The summed E-state index contributed by atoms with van der Waals surface area (Å²) in [5.74, 6) is -0.580. The van der Waals surface area contributed by atoms with E-state index in [1.54, 1.807) is 29.6 Å². The van der Waals surface area contributed by atoms with E-state index in [1.807, 2.05) is 6.92 Å². The summed E-state index contributed by atoms with van der Waals surface area (Å²) in [5.41, 5.74) is 1.51. The fraction of sp³-hybridized carbons (Fsp3) is 0.562. The van der Waals surface area contributed by atoms with Crippen molar-refractivity contribution in [1.82, 2.24) is 14.7 Å². The van der Waals surface area contributed by atoms with E-state index in [4.69, 9.17) is 16.3 Å². The van der Waals surface area contributed by atoms with Gasteiger partial charge in [0.05, 0.1) is 18.2 Å². The molecule has 1 fully saturated rings. The molecule has 6 nitrogen and oxygen atoms in total. The van der Waals surface area contributed by atoms with Crippen LogP contribution < -0.4 is 0 Å². The monoisotopic (exact) mass is 339 g/mol. The number of hydrogen-bond acceptors (Lipinski definition) is 4. The first-order chi connectivity index (χ1) is 10.9. The van der Waals surface area contributed by atoms with E-state index in [-0.39, 0.29) is 17.8 Å². The number of halogens is 1. The third-order valence-corrected chi connectivity index (χ3v) is 4.39. The minimum Gasteiger partial charge on any atom is -0.466 e. The van der Waals surface area contributed by atoms with Gasteiger partial charge in [0.15, 0.2) is 0 Å². The Hall–Kier alpha value is -1.82. The molecule has 0 unspecified atom stereocenters. The predicted molar refractivity (Wildman–Crippen MR) is 87.9 cm³/mol. The number of aromatic nitrogens is 2. The Balaban J connectivity index is 2.02. The molecule has 0 aromatic carbocycles. The van der Waals surface area contributed by atoms with E-state index in [2.05, 4.69) is 5.10 Å². The van der Waals surface area contributed by atoms with Crippen molar-refractivity contribution in [3.05, 3.63) is 22.5 Å². The number of aryl methyl sites for hydroxylation is 2. The molecule has 0 N–H and O–H groups in total. The Morgan fingerprint density at radius 2 is 2.22 bits per heavy atom. The van der Waals surface area contributed by atoms with Crippen molar-refractivity contribution < 1.29 is 14.3 Å². The average molecular weight is 340 g/mol. The molecular weight excluding hydrogens is 318 g/mol. The molecule has 2 heterocycles. The van der Waals surface area contributed by atoms with E-state index < -0.39 is 0 Å². The highest BCUT2D eigenvalue weighted by atomic mass is 35.5. The topological polar surface area (TPSA) is 64.4 Å². The van der Waals surface area contributed by atoms with Gasteiger partial charge in [0.2, 0.25) is 5.91 Å². The molecule has 0 aliphatic carbocycles. The molecular formula is C16H22ClN3O3. The summed E-state index contributed by atoms with van der Waals surface area (Å²) in [6, 6.07) is 0. The van der Waals surface area contributed by atoms with Gasteiger partial charge in [-0.25, -0.2) is 0 Å². The predicted octanol–water partition coefficient (Wildman–Crippen LogP) is 2.20. The first kappa shape index (κ1) is 17.5. The van der Waals surface area contributed by atoms with Gasteiger partial charge < -0.3 is 9.64 Å². The average Bonchev–Trinajstić information content (AvgIpc) is 2.78. The van der Waals surface area contributed by atoms with E-state index in [0.717, 1.165) is 24.1 Å². The second kappa shape index (κ2) is 7.64. The molecule has 1 aliphatic heterocycles. The Kier molecular flexibility index (Phi) is 5.82. The second-order valence-corrected chi connectivity index (χ2v) is 5.98. The Labute approximate surface area is 141 Å². The SMILES string of the molecule is CCOC(=O)[C@@H]1CCCN(C(=O)/C=C\c2c(C)nn(C)c2Cl)C1. The lowest BCUT2D eigenvalue weighted by Crippen LogP contribution is -2.42. The van der Waals surface area contributed by atoms with E-state index in [1.165, 1.54) is 6.08 Å². The Morgan fingerprint density at radius 1 is 1.48 bits per heavy atom. The molecule has 1 atom stereocenters. The van der Waals surface area contributed by atoms with Crippen LogP contribution in [0, 0.1) is 12.8 Å². The standard InChI is InChI=1S/C16H22ClN3O3/c1-4-23-16(22)12-6-5-9-20(10-12)14(21)8-7-13-11(2)18-19(3)15(13)17/h7-8,12H,4-6,9-10H2,1-3H3/b8-7-/t12-/m1/s1. The highest BCUT2D eigenvalue weighted by Crippen LogP contribution is 2.21. The van der Waals surface area contributed by atoms with Crippen LogP contribution in [0.15, 0.2) is 6.08 Å². The maximum Gasteiger partial charge on any atom is 0.310 e. The van der Waals surface area contributed by atoms with E-state index >= 15 is 0 Å². The van der Waals surface area contributed by atoms with Gasteiger partial charge in [-0.1, -0.05) is 11.6 Å². The van der Waals surface area contributed by atoms with Gasteiger partial charge in [-0.15, -0.1) is 0 Å². The summed E-state index contributed by atoms with van der Waals surface area (Å²) in [5, 5.41) is 4.70. The molecule has 0 radical (unpaired) electrons. The number of piperidine rings is 1. The van der Waals surface area contributed by atoms with Gasteiger partial charge in [-0.3, -0.25) is 14.3 Å². The first-order valence-electron chi connectivity index (χ1n) is 7.76. The molecule has 1 aliphatic rings. The maximum atomic E-state index is 12.3. The highest BCUT2D eigenvalue weighted by molar-refractivity contribution is 6.31. The number of amides is 1. The summed E-state index contributed by atoms with van der Waals surface area (Å²) >= 11 is 6.15. The fourth-order valence-electron chi connectivity index (χ4n) is 2.73. The normalized spacial score (nSPS) is 18.4. The second-order valence-electron chi connectivity index (χ2n) is 5.62. The number of carbonyl (C=O) groups excluding carboxylic acids is 2. The van der Waals surface area contributed by atoms with Crippen molar-refractivity contribution in [3.8, 4) is 0 Å². The van der Waals surface area contributed by atoms with Crippen LogP contribution >= 0.6 is 11.6 Å². The zero-order valence-electron chi connectivity index (χ0n) is 13.7. The van der Waals surface area contributed by atoms with Gasteiger partial charge in [0, 0.05) is 31.8 Å². The minimum atomic E-state index is -0.232. The Morgan fingerprint density at radius 3 is 2.83 bits per heavy atom. The third-order valence-electron chi connectivity index (χ3n) is 3.94. The minimum absolute atomic E-state index is 0.127. The number of hydrogen-bond donors (Lipinski definition) is 0. The molecule has 1 aromatic rings. The summed E-state index contributed by atoms with van der Waals surface area (Å²) in [7, 11) is 1.75. The molecule has 23 heavy (non-hydrogen) atoms. The van der Waals surface area contributed by atoms with Crippen LogP contribution in [0.1, 0.15) is 31.0 Å². The van der Waals surface area contributed by atoms with Crippen LogP contribution in [0.4, 0.5) is 0 Å². The molecule has 126 valence electrons. The Bertz CT molecular complexity index is 624. The van der Waals surface area contributed by atoms with Crippen LogP contribution in [0.5, 0.6) is 0 Å². The number of esters is 1. The van der Waals surface area contributed by atoms with Gasteiger partial charge in [0.1, 0.15) is 5.15 Å². The molecule has 1 amide bonds. The van der Waals surface area contributed by atoms with Crippen molar-refractivity contribution in [2.45, 2.75) is 26.7 Å². The number of carbonyl (C=O) groups is 2. The molecule has 0 saturated carbocycles. The van der Waals surface area contributed by atoms with Crippen LogP contribution in [0.25, 0.3) is 6.08 Å². The summed E-state index contributed by atoms with van der Waals surface area (Å²) in [6.45, 7) is 5.04. The van der Waals surface area contributed by atoms with Crippen LogP contribution in [0.3, 0.4) is 0 Å². The largest absolute Gasteiger partial charge is 0.466 e. The van der Waals surface area contributed by atoms with Crippen molar-refractivity contribution in [3.63, 3.8) is 0 Å². The third kappa shape index (κ3) is 4.13. The van der Waals surface area contributed by atoms with E-state index in [0.29, 0.717) is 24.8 Å². The number of likely N-dealkylation sites (tertiary alicyclic amines) is 1. The number of ether oxygens (including phenoxy) is 1. The molecule has 1 aromatic heterocycles. The van der Waals surface area contributed by atoms with Crippen molar-refractivity contribution in [1.29, 1.82) is 0 Å². The summed E-state index contributed by atoms with van der Waals surface area (Å²) in [4.78, 5) is 25.9. The van der Waals surface area contributed by atoms with E-state index in [9.17, 15) is 9.59 Å². The van der Waals surface area contributed by atoms with Gasteiger partial charge in [-0.2, -0.15) is 5.10 Å². The zero-order chi connectivity index (χ0) is 17.0. The lowest BCUT2D eigenvalue weighted by molar-refractivity contribution is -0.150. The van der Waals surface area contributed by atoms with Gasteiger partial charge >= 0.3 is 5.97 Å². The smallest absolute Gasteiger partial charge is 0.310 e. The molecule has 0 bridgehead atoms. The van der Waals surface area contributed by atoms with Crippen molar-refractivity contribution in [2.24, 2.45) is 13.0 Å². The zero-order valence-corrected chi connectivity index (χ0v) is 14.5. The quantitative estimate of drug-likeness (QED) is 0.623. The first-order valence-corrected chi connectivity index (χ1v) is 8.14. The molecule has 7 heteroatoms. The van der Waals surface area contributed by atoms with Crippen LogP contribution in [0.2, 0.25) is 5.15 Å². The van der Waals surface area contributed by atoms with Crippen LogP contribution in [-0.4, -0.2) is 46.3 Å². The summed E-state index contributed by atoms with van der Waals surface area (Å²) < 4.78 is 6.62. The highest BCUT2D eigenvalue weighted by Gasteiger charge is 2.28.